The Morgan fingerprint density at radius 3 is 2.64 bits per heavy atom. The molecule has 0 aliphatic carbocycles. The molecule has 0 spiro atoms. The first-order valence-electron chi connectivity index (χ1n) is 6.84. The molecule has 22 heavy (non-hydrogen) atoms. The first-order chi connectivity index (χ1) is 10.0. The molecule has 0 unspecified atom stereocenters. The summed E-state index contributed by atoms with van der Waals surface area (Å²) in [6.07, 6.45) is 0.940. The van der Waals surface area contributed by atoms with Gasteiger partial charge >= 0.3 is 0 Å². The zero-order valence-corrected chi connectivity index (χ0v) is 13.4. The summed E-state index contributed by atoms with van der Waals surface area (Å²) < 4.78 is 15.7. The molecule has 0 fully saturated rings. The number of amides is 1. The topological polar surface area (TPSA) is 72.9 Å². The maximum atomic E-state index is 14.2. The SMILES string of the molecule is Cc1cc(C)n(-c2ccc(NC(=O)CCCN)cc2F)n1.Cl. The number of nitrogens with zero attached hydrogens (tertiary/aromatic N) is 2. The van der Waals surface area contributed by atoms with Crippen molar-refractivity contribution in [3.8, 4) is 5.69 Å². The quantitative estimate of drug-likeness (QED) is 0.887. The second kappa shape index (κ2) is 7.91. The van der Waals surface area contributed by atoms with Crippen LogP contribution in [0.2, 0.25) is 0 Å². The van der Waals surface area contributed by atoms with Gasteiger partial charge in [-0.1, -0.05) is 0 Å². The molecule has 1 aromatic heterocycles. The van der Waals surface area contributed by atoms with Gasteiger partial charge in [0.05, 0.1) is 5.69 Å². The normalized spacial score (nSPS) is 10.2. The predicted octanol–water partition coefficient (Wildman–Crippen LogP) is 2.73. The van der Waals surface area contributed by atoms with Gasteiger partial charge < -0.3 is 11.1 Å². The third-order valence-electron chi connectivity index (χ3n) is 3.08. The molecule has 0 saturated heterocycles. The van der Waals surface area contributed by atoms with E-state index in [4.69, 9.17) is 5.73 Å². The Balaban J connectivity index is 0.00000242. The summed E-state index contributed by atoms with van der Waals surface area (Å²) >= 11 is 0. The highest BCUT2D eigenvalue weighted by Crippen LogP contribution is 2.20. The fourth-order valence-electron chi connectivity index (χ4n) is 2.12. The van der Waals surface area contributed by atoms with E-state index in [1.165, 1.54) is 6.07 Å². The Hall–Kier alpha value is -1.92. The maximum absolute atomic E-state index is 14.2. The predicted molar refractivity (Wildman–Crippen MR) is 87.2 cm³/mol. The number of hydrogen-bond donors (Lipinski definition) is 2. The molecule has 7 heteroatoms. The number of benzene rings is 1. The smallest absolute Gasteiger partial charge is 0.224 e. The van der Waals surface area contributed by atoms with E-state index in [0.29, 0.717) is 30.8 Å². The number of nitrogens with one attached hydrogen (secondary N) is 1. The second-order valence-corrected chi connectivity index (χ2v) is 4.95. The average Bonchev–Trinajstić information content (AvgIpc) is 2.75. The molecule has 0 saturated carbocycles. The minimum Gasteiger partial charge on any atom is -0.330 e. The van der Waals surface area contributed by atoms with Crippen LogP contribution in [0.15, 0.2) is 24.3 Å². The van der Waals surface area contributed by atoms with Gasteiger partial charge in [-0.2, -0.15) is 5.10 Å². The number of nitrogens with two attached hydrogens (primary N) is 1. The van der Waals surface area contributed by atoms with E-state index < -0.39 is 5.82 Å². The number of hydrogen-bond acceptors (Lipinski definition) is 3. The summed E-state index contributed by atoms with van der Waals surface area (Å²) in [5, 5.41) is 6.90. The van der Waals surface area contributed by atoms with Crippen LogP contribution >= 0.6 is 12.4 Å². The highest BCUT2D eigenvalue weighted by Gasteiger charge is 2.11. The van der Waals surface area contributed by atoms with Gasteiger partial charge in [-0.15, -0.1) is 12.4 Å². The van der Waals surface area contributed by atoms with Crippen LogP contribution in [0.3, 0.4) is 0 Å². The molecule has 0 bridgehead atoms. The first kappa shape index (κ1) is 18.1. The van der Waals surface area contributed by atoms with Crippen molar-refractivity contribution in [2.75, 3.05) is 11.9 Å². The van der Waals surface area contributed by atoms with Gasteiger partial charge in [-0.25, -0.2) is 9.07 Å². The van der Waals surface area contributed by atoms with Crippen LogP contribution in [-0.2, 0) is 4.79 Å². The van der Waals surface area contributed by atoms with Crippen molar-refractivity contribution in [2.45, 2.75) is 26.7 Å². The molecule has 0 aliphatic rings. The van der Waals surface area contributed by atoms with Crippen molar-refractivity contribution in [1.29, 1.82) is 0 Å². The Labute approximate surface area is 135 Å². The van der Waals surface area contributed by atoms with Gasteiger partial charge in [0.25, 0.3) is 0 Å². The minimum atomic E-state index is -0.433. The molecule has 0 atom stereocenters. The molecule has 1 aromatic carbocycles. The van der Waals surface area contributed by atoms with Crippen molar-refractivity contribution >= 4 is 24.0 Å². The molecular weight excluding hydrogens is 307 g/mol. The third-order valence-corrected chi connectivity index (χ3v) is 3.08. The number of rotatable bonds is 5. The second-order valence-electron chi connectivity index (χ2n) is 4.95. The Bertz CT molecular complexity index is 657. The third kappa shape index (κ3) is 4.29. The Morgan fingerprint density at radius 2 is 2.09 bits per heavy atom. The van der Waals surface area contributed by atoms with Crippen molar-refractivity contribution < 1.29 is 9.18 Å². The van der Waals surface area contributed by atoms with Crippen molar-refractivity contribution in [3.63, 3.8) is 0 Å². The van der Waals surface area contributed by atoms with Gasteiger partial charge in [0.2, 0.25) is 5.91 Å². The summed E-state index contributed by atoms with van der Waals surface area (Å²) in [7, 11) is 0. The molecule has 2 rings (SSSR count). The molecule has 0 aliphatic heterocycles. The van der Waals surface area contributed by atoms with Gasteiger partial charge in [0.15, 0.2) is 5.82 Å². The van der Waals surface area contributed by atoms with E-state index in [1.807, 2.05) is 19.9 Å². The van der Waals surface area contributed by atoms with E-state index in [2.05, 4.69) is 10.4 Å². The summed E-state index contributed by atoms with van der Waals surface area (Å²) in [6, 6.07) is 6.44. The van der Waals surface area contributed by atoms with Gasteiger partial charge in [-0.3, -0.25) is 4.79 Å². The molecule has 5 nitrogen and oxygen atoms in total. The number of aryl methyl sites for hydroxylation is 2. The van der Waals surface area contributed by atoms with E-state index >= 15 is 0 Å². The van der Waals surface area contributed by atoms with Gasteiger partial charge in [-0.05, 0) is 51.1 Å². The zero-order valence-electron chi connectivity index (χ0n) is 12.6. The zero-order chi connectivity index (χ0) is 15.4. The average molecular weight is 327 g/mol. The number of anilines is 1. The number of halogens is 2. The lowest BCUT2D eigenvalue weighted by Gasteiger charge is -2.09. The summed E-state index contributed by atoms with van der Waals surface area (Å²) in [5.74, 6) is -0.600. The molecule has 120 valence electrons. The number of carbonyl (C=O) groups excluding carboxylic acids is 1. The van der Waals surface area contributed by atoms with E-state index in [0.717, 1.165) is 11.4 Å². The largest absolute Gasteiger partial charge is 0.330 e. The van der Waals surface area contributed by atoms with Crippen LogP contribution in [0, 0.1) is 19.7 Å². The lowest BCUT2D eigenvalue weighted by atomic mass is 10.2. The van der Waals surface area contributed by atoms with E-state index in [9.17, 15) is 9.18 Å². The standard InChI is InChI=1S/C15H19FN4O.ClH/c1-10-8-11(2)20(19-10)14-6-5-12(9-13(14)16)18-15(21)4-3-7-17;/h5-6,8-9H,3-4,7,17H2,1-2H3,(H,18,21);1H. The van der Waals surface area contributed by atoms with Crippen molar-refractivity contribution in [1.82, 2.24) is 9.78 Å². The van der Waals surface area contributed by atoms with Crippen LogP contribution in [0.5, 0.6) is 0 Å². The van der Waals surface area contributed by atoms with E-state index in [-0.39, 0.29) is 18.3 Å². The minimum absolute atomic E-state index is 0. The summed E-state index contributed by atoms with van der Waals surface area (Å²) in [5.41, 5.74) is 7.81. The maximum Gasteiger partial charge on any atom is 0.224 e. The first-order valence-corrected chi connectivity index (χ1v) is 6.84. The van der Waals surface area contributed by atoms with Crippen molar-refractivity contribution in [3.05, 3.63) is 41.5 Å². The Morgan fingerprint density at radius 1 is 1.36 bits per heavy atom. The Kier molecular flexibility index (Phi) is 6.52. The molecule has 3 N–H and O–H groups in total. The van der Waals surface area contributed by atoms with Crippen LogP contribution in [0.1, 0.15) is 24.2 Å². The summed E-state index contributed by atoms with van der Waals surface area (Å²) in [6.45, 7) is 4.17. The number of aromatic nitrogens is 2. The fourth-order valence-corrected chi connectivity index (χ4v) is 2.12. The highest BCUT2D eigenvalue weighted by molar-refractivity contribution is 5.90. The van der Waals surface area contributed by atoms with E-state index in [1.54, 1.807) is 16.8 Å². The molecular formula is C15H20ClFN4O. The van der Waals surface area contributed by atoms with Crippen LogP contribution in [0.25, 0.3) is 5.69 Å². The van der Waals surface area contributed by atoms with Crippen LogP contribution < -0.4 is 11.1 Å². The molecule has 2 aromatic rings. The van der Waals surface area contributed by atoms with Crippen LogP contribution in [0.4, 0.5) is 10.1 Å². The highest BCUT2D eigenvalue weighted by atomic mass is 35.5. The van der Waals surface area contributed by atoms with Crippen molar-refractivity contribution in [2.24, 2.45) is 5.73 Å². The molecule has 1 heterocycles. The lowest BCUT2D eigenvalue weighted by molar-refractivity contribution is -0.116. The monoisotopic (exact) mass is 326 g/mol. The van der Waals surface area contributed by atoms with Gasteiger partial charge in [0, 0.05) is 17.8 Å². The lowest BCUT2D eigenvalue weighted by Crippen LogP contribution is -2.13. The van der Waals surface area contributed by atoms with Crippen LogP contribution in [-0.4, -0.2) is 22.2 Å². The molecule has 0 radical (unpaired) electrons. The van der Waals surface area contributed by atoms with Gasteiger partial charge in [0.1, 0.15) is 5.69 Å². The number of carbonyl (C=O) groups is 1. The fraction of sp³-hybridized carbons (Fsp3) is 0.333. The summed E-state index contributed by atoms with van der Waals surface area (Å²) in [4.78, 5) is 11.6. The molecule has 1 amide bonds.